The van der Waals surface area contributed by atoms with Gasteiger partial charge in [-0.25, -0.2) is 0 Å². The fraction of sp³-hybridized carbons (Fsp3) is 0.917. The van der Waals surface area contributed by atoms with Crippen molar-refractivity contribution < 1.29 is 9.53 Å². The molecule has 1 rings (SSSR count). The summed E-state index contributed by atoms with van der Waals surface area (Å²) in [6.07, 6.45) is 5.70. The van der Waals surface area contributed by atoms with Crippen LogP contribution in [0, 0.1) is 5.92 Å². The molecule has 15 heavy (non-hydrogen) atoms. The monoisotopic (exact) mass is 213 g/mol. The van der Waals surface area contributed by atoms with E-state index in [2.05, 4.69) is 12.2 Å². The standard InChI is InChI=1S/C12H23NO2/c1-4-10-5-7-11(8-6-10)13-12(14)9(2)15-3/h9-11H,4-8H2,1-3H3,(H,13,14). The van der Waals surface area contributed by atoms with Gasteiger partial charge in [0.25, 0.3) is 0 Å². The molecule has 0 aromatic carbocycles. The maximum absolute atomic E-state index is 11.6. The van der Waals surface area contributed by atoms with E-state index in [4.69, 9.17) is 4.74 Å². The van der Waals surface area contributed by atoms with E-state index in [1.165, 1.54) is 19.3 Å². The Morgan fingerprint density at radius 2 is 2.00 bits per heavy atom. The van der Waals surface area contributed by atoms with Crippen molar-refractivity contribution in [1.82, 2.24) is 5.32 Å². The number of rotatable bonds is 4. The highest BCUT2D eigenvalue weighted by molar-refractivity contribution is 5.80. The summed E-state index contributed by atoms with van der Waals surface area (Å²) in [6.45, 7) is 4.03. The van der Waals surface area contributed by atoms with Crippen molar-refractivity contribution in [1.29, 1.82) is 0 Å². The molecule has 0 spiro atoms. The molecule has 1 fully saturated rings. The van der Waals surface area contributed by atoms with Crippen molar-refractivity contribution >= 4 is 5.91 Å². The van der Waals surface area contributed by atoms with Gasteiger partial charge in [0.1, 0.15) is 6.10 Å². The van der Waals surface area contributed by atoms with Gasteiger partial charge in [-0.3, -0.25) is 4.79 Å². The van der Waals surface area contributed by atoms with E-state index in [0.29, 0.717) is 6.04 Å². The largest absolute Gasteiger partial charge is 0.372 e. The summed E-state index contributed by atoms with van der Waals surface area (Å²) < 4.78 is 4.98. The van der Waals surface area contributed by atoms with E-state index in [0.717, 1.165) is 18.8 Å². The van der Waals surface area contributed by atoms with Crippen molar-refractivity contribution in [2.75, 3.05) is 7.11 Å². The average Bonchev–Trinajstić information content (AvgIpc) is 2.29. The molecule has 0 aliphatic heterocycles. The molecule has 0 aromatic rings. The number of carbonyl (C=O) groups excluding carboxylic acids is 1. The number of hydrogen-bond acceptors (Lipinski definition) is 2. The van der Waals surface area contributed by atoms with Crippen LogP contribution in [0.4, 0.5) is 0 Å². The summed E-state index contributed by atoms with van der Waals surface area (Å²) in [5, 5.41) is 3.05. The molecule has 0 heterocycles. The molecule has 1 N–H and O–H groups in total. The predicted octanol–water partition coefficient (Wildman–Crippen LogP) is 2.11. The molecule has 0 bridgehead atoms. The zero-order valence-corrected chi connectivity index (χ0v) is 10.1. The van der Waals surface area contributed by atoms with Gasteiger partial charge < -0.3 is 10.1 Å². The summed E-state index contributed by atoms with van der Waals surface area (Å²) in [6, 6.07) is 0.373. The fourth-order valence-corrected chi connectivity index (χ4v) is 2.14. The van der Waals surface area contributed by atoms with E-state index >= 15 is 0 Å². The molecule has 0 aromatic heterocycles. The Bertz CT molecular complexity index is 198. The van der Waals surface area contributed by atoms with E-state index in [1.807, 2.05) is 0 Å². The van der Waals surface area contributed by atoms with Crippen molar-refractivity contribution in [2.24, 2.45) is 5.92 Å². The van der Waals surface area contributed by atoms with Crippen molar-refractivity contribution in [3.05, 3.63) is 0 Å². The maximum Gasteiger partial charge on any atom is 0.249 e. The van der Waals surface area contributed by atoms with Gasteiger partial charge >= 0.3 is 0 Å². The number of ether oxygens (including phenoxy) is 1. The lowest BCUT2D eigenvalue weighted by Crippen LogP contribution is -2.42. The zero-order chi connectivity index (χ0) is 11.3. The van der Waals surface area contributed by atoms with Gasteiger partial charge in [0, 0.05) is 13.2 Å². The molecule has 1 aliphatic rings. The number of hydrogen-bond donors (Lipinski definition) is 1. The molecule has 3 nitrogen and oxygen atoms in total. The second-order valence-electron chi connectivity index (χ2n) is 4.51. The maximum atomic E-state index is 11.6. The van der Waals surface area contributed by atoms with E-state index < -0.39 is 0 Å². The van der Waals surface area contributed by atoms with Gasteiger partial charge in [-0.15, -0.1) is 0 Å². The van der Waals surface area contributed by atoms with Crippen LogP contribution in [0.25, 0.3) is 0 Å². The third-order valence-electron chi connectivity index (χ3n) is 3.49. The molecular formula is C12H23NO2. The lowest BCUT2D eigenvalue weighted by Gasteiger charge is -2.29. The highest BCUT2D eigenvalue weighted by Crippen LogP contribution is 2.26. The molecule has 1 saturated carbocycles. The van der Waals surface area contributed by atoms with Gasteiger partial charge in [0.2, 0.25) is 5.91 Å². The highest BCUT2D eigenvalue weighted by Gasteiger charge is 2.22. The molecule has 88 valence electrons. The number of methoxy groups -OCH3 is 1. The van der Waals surface area contributed by atoms with E-state index in [1.54, 1.807) is 14.0 Å². The van der Waals surface area contributed by atoms with Crippen LogP contribution in [0.3, 0.4) is 0 Å². The minimum Gasteiger partial charge on any atom is -0.372 e. The Balaban J connectivity index is 2.26. The van der Waals surface area contributed by atoms with Crippen LogP contribution >= 0.6 is 0 Å². The molecule has 1 amide bonds. The second kappa shape index (κ2) is 6.11. The first-order chi connectivity index (χ1) is 7.17. The predicted molar refractivity (Wildman–Crippen MR) is 60.7 cm³/mol. The summed E-state index contributed by atoms with van der Waals surface area (Å²) in [5.41, 5.74) is 0. The van der Waals surface area contributed by atoms with Gasteiger partial charge in [-0.05, 0) is 38.5 Å². The minimum absolute atomic E-state index is 0.0254. The van der Waals surface area contributed by atoms with Crippen LogP contribution < -0.4 is 5.32 Å². The topological polar surface area (TPSA) is 38.3 Å². The smallest absolute Gasteiger partial charge is 0.249 e. The van der Waals surface area contributed by atoms with Gasteiger partial charge in [-0.2, -0.15) is 0 Å². The Kier molecular flexibility index (Phi) is 5.09. The zero-order valence-electron chi connectivity index (χ0n) is 10.1. The van der Waals surface area contributed by atoms with E-state index in [9.17, 15) is 4.79 Å². The third-order valence-corrected chi connectivity index (χ3v) is 3.49. The van der Waals surface area contributed by atoms with Gasteiger partial charge in [-0.1, -0.05) is 13.3 Å². The van der Waals surface area contributed by atoms with Crippen molar-refractivity contribution in [3.63, 3.8) is 0 Å². The first kappa shape index (κ1) is 12.5. The summed E-state index contributed by atoms with van der Waals surface area (Å²) in [7, 11) is 1.57. The first-order valence-corrected chi connectivity index (χ1v) is 6.00. The SMILES string of the molecule is CCC1CCC(NC(=O)C(C)OC)CC1. The fourth-order valence-electron chi connectivity index (χ4n) is 2.14. The average molecular weight is 213 g/mol. The molecule has 0 radical (unpaired) electrons. The number of carbonyl (C=O) groups is 1. The molecule has 1 unspecified atom stereocenters. The Hall–Kier alpha value is -0.570. The number of amides is 1. The Morgan fingerprint density at radius 3 is 2.47 bits per heavy atom. The van der Waals surface area contributed by atoms with Crippen LogP contribution in [0.1, 0.15) is 46.0 Å². The van der Waals surface area contributed by atoms with Crippen LogP contribution in [-0.4, -0.2) is 25.2 Å². The molecule has 0 saturated heterocycles. The Morgan fingerprint density at radius 1 is 1.40 bits per heavy atom. The summed E-state index contributed by atoms with van der Waals surface area (Å²) in [5.74, 6) is 0.899. The minimum atomic E-state index is -0.325. The Labute approximate surface area is 92.6 Å². The van der Waals surface area contributed by atoms with Gasteiger partial charge in [0.15, 0.2) is 0 Å². The third kappa shape index (κ3) is 3.82. The van der Waals surface area contributed by atoms with E-state index in [-0.39, 0.29) is 12.0 Å². The highest BCUT2D eigenvalue weighted by atomic mass is 16.5. The summed E-state index contributed by atoms with van der Waals surface area (Å²) in [4.78, 5) is 11.6. The normalized spacial score (nSPS) is 28.5. The summed E-state index contributed by atoms with van der Waals surface area (Å²) >= 11 is 0. The first-order valence-electron chi connectivity index (χ1n) is 6.00. The molecule has 1 aliphatic carbocycles. The van der Waals surface area contributed by atoms with Crippen molar-refractivity contribution in [3.8, 4) is 0 Å². The van der Waals surface area contributed by atoms with Crippen molar-refractivity contribution in [2.45, 2.75) is 58.1 Å². The van der Waals surface area contributed by atoms with Crippen LogP contribution in [-0.2, 0) is 9.53 Å². The van der Waals surface area contributed by atoms with Crippen LogP contribution in [0.5, 0.6) is 0 Å². The quantitative estimate of drug-likeness (QED) is 0.776. The molecule has 3 heteroatoms. The van der Waals surface area contributed by atoms with Gasteiger partial charge in [0.05, 0.1) is 0 Å². The second-order valence-corrected chi connectivity index (χ2v) is 4.51. The van der Waals surface area contributed by atoms with Crippen LogP contribution in [0.15, 0.2) is 0 Å². The molecule has 1 atom stereocenters. The number of nitrogens with one attached hydrogen (secondary N) is 1. The molecular weight excluding hydrogens is 190 g/mol. The lowest BCUT2D eigenvalue weighted by atomic mass is 9.84. The van der Waals surface area contributed by atoms with Crippen LogP contribution in [0.2, 0.25) is 0 Å². The lowest BCUT2D eigenvalue weighted by molar-refractivity contribution is -0.131.